The summed E-state index contributed by atoms with van der Waals surface area (Å²) >= 11 is 1.87. The average Bonchev–Trinajstić information content (AvgIpc) is 2.32. The second-order valence-electron chi connectivity index (χ2n) is 3.89. The summed E-state index contributed by atoms with van der Waals surface area (Å²) in [6, 6.07) is 7.52. The lowest BCUT2D eigenvalue weighted by Crippen LogP contribution is -2.00. The van der Waals surface area contributed by atoms with Crippen LogP contribution in [0.5, 0.6) is 0 Å². The molecule has 94 valence electrons. The van der Waals surface area contributed by atoms with Crippen LogP contribution in [-0.2, 0) is 0 Å². The van der Waals surface area contributed by atoms with E-state index in [0.29, 0.717) is 26.2 Å². The van der Waals surface area contributed by atoms with Crippen LogP contribution in [0.25, 0.3) is 0 Å². The van der Waals surface area contributed by atoms with Gasteiger partial charge < -0.3 is 11.1 Å². The van der Waals surface area contributed by atoms with Crippen LogP contribution in [0.2, 0.25) is 0 Å². The molecule has 0 unspecified atom stereocenters. The fraction of sp³-hybridized carbons (Fsp3) is 0.0769. The van der Waals surface area contributed by atoms with Crippen molar-refractivity contribution in [3.63, 3.8) is 0 Å². The Morgan fingerprint density at radius 2 is 1.83 bits per heavy atom. The molecule has 0 aliphatic rings. The van der Waals surface area contributed by atoms with Crippen molar-refractivity contribution in [2.45, 2.75) is 6.92 Å². The summed E-state index contributed by atoms with van der Waals surface area (Å²) in [5, 5.41) is 2.94. The van der Waals surface area contributed by atoms with Crippen LogP contribution in [0.4, 0.5) is 25.8 Å². The van der Waals surface area contributed by atoms with Crippen LogP contribution in [0.15, 0.2) is 30.3 Å². The van der Waals surface area contributed by atoms with Crippen LogP contribution in [-0.4, -0.2) is 0 Å². The van der Waals surface area contributed by atoms with Crippen molar-refractivity contribution >= 4 is 39.7 Å². The van der Waals surface area contributed by atoms with Gasteiger partial charge in [0.1, 0.15) is 11.6 Å². The normalized spacial score (nSPS) is 10.4. The summed E-state index contributed by atoms with van der Waals surface area (Å²) < 4.78 is 27.3. The molecule has 2 nitrogen and oxygen atoms in total. The van der Waals surface area contributed by atoms with E-state index >= 15 is 0 Å². The molecule has 0 aromatic heterocycles. The minimum atomic E-state index is -0.360. The lowest BCUT2D eigenvalue weighted by Gasteiger charge is -2.12. The molecule has 0 aliphatic heterocycles. The minimum absolute atomic E-state index is 0.315. The quantitative estimate of drug-likeness (QED) is 0.622. The van der Waals surface area contributed by atoms with Crippen molar-refractivity contribution in [1.29, 1.82) is 0 Å². The summed E-state index contributed by atoms with van der Waals surface area (Å²) in [7, 11) is 0. The molecule has 0 saturated carbocycles. The highest BCUT2D eigenvalue weighted by Gasteiger charge is 2.08. The Morgan fingerprint density at radius 3 is 2.56 bits per heavy atom. The first-order valence-corrected chi connectivity index (χ1v) is 6.33. The highest BCUT2D eigenvalue weighted by Crippen LogP contribution is 2.29. The van der Waals surface area contributed by atoms with Gasteiger partial charge >= 0.3 is 0 Å². The molecule has 0 radical (unpaired) electrons. The topological polar surface area (TPSA) is 38.0 Å². The lowest BCUT2D eigenvalue weighted by atomic mass is 10.1. The van der Waals surface area contributed by atoms with E-state index in [9.17, 15) is 8.78 Å². The zero-order valence-corrected chi connectivity index (χ0v) is 11.8. The van der Waals surface area contributed by atoms with Crippen molar-refractivity contribution in [3.05, 3.63) is 51.1 Å². The maximum absolute atomic E-state index is 13.5. The number of nitrogens with two attached hydrogens (primary N) is 1. The standard InChI is InChI=1S/C13H11F2IN2/c1-7-8(14)3-2-4-12(7)18-13-5-9(15)10(16)6-11(13)17/h2-6,18H,17H2,1H3. The molecular weight excluding hydrogens is 349 g/mol. The summed E-state index contributed by atoms with van der Waals surface area (Å²) in [6.07, 6.45) is 0. The monoisotopic (exact) mass is 360 g/mol. The Hall–Kier alpha value is -1.37. The number of halogens is 3. The first-order chi connectivity index (χ1) is 8.49. The van der Waals surface area contributed by atoms with E-state index in [1.54, 1.807) is 19.1 Å². The second kappa shape index (κ2) is 5.09. The van der Waals surface area contributed by atoms with E-state index in [2.05, 4.69) is 5.32 Å². The first kappa shape index (κ1) is 13.1. The lowest BCUT2D eigenvalue weighted by molar-refractivity contribution is 0.619. The van der Waals surface area contributed by atoms with Gasteiger partial charge in [0.15, 0.2) is 0 Å². The second-order valence-corrected chi connectivity index (χ2v) is 5.05. The Balaban J connectivity index is 2.40. The maximum atomic E-state index is 13.5. The van der Waals surface area contributed by atoms with Crippen molar-refractivity contribution in [2.24, 2.45) is 0 Å². The van der Waals surface area contributed by atoms with Crippen LogP contribution in [0, 0.1) is 22.1 Å². The molecule has 0 bridgehead atoms. The van der Waals surface area contributed by atoms with Crippen molar-refractivity contribution in [3.8, 4) is 0 Å². The molecule has 0 saturated heterocycles. The third-order valence-electron chi connectivity index (χ3n) is 2.63. The molecule has 5 heteroatoms. The van der Waals surface area contributed by atoms with Gasteiger partial charge in [-0.2, -0.15) is 0 Å². The van der Waals surface area contributed by atoms with Gasteiger partial charge in [-0.1, -0.05) is 6.07 Å². The van der Waals surface area contributed by atoms with E-state index in [-0.39, 0.29) is 11.6 Å². The predicted octanol–water partition coefficient (Wildman–Crippen LogP) is 4.20. The number of hydrogen-bond donors (Lipinski definition) is 2. The van der Waals surface area contributed by atoms with Crippen LogP contribution in [0.3, 0.4) is 0 Å². The number of nitrogen functional groups attached to an aromatic ring is 1. The van der Waals surface area contributed by atoms with Crippen LogP contribution < -0.4 is 11.1 Å². The SMILES string of the molecule is Cc1c(F)cccc1Nc1cc(F)c(I)cc1N. The van der Waals surface area contributed by atoms with Gasteiger partial charge in [0, 0.05) is 17.3 Å². The van der Waals surface area contributed by atoms with Crippen molar-refractivity contribution in [2.75, 3.05) is 11.1 Å². The molecule has 0 amide bonds. The molecule has 0 heterocycles. The fourth-order valence-corrected chi connectivity index (χ4v) is 2.05. The molecule has 0 fully saturated rings. The highest BCUT2D eigenvalue weighted by molar-refractivity contribution is 14.1. The number of anilines is 3. The fourth-order valence-electron chi connectivity index (χ4n) is 1.56. The number of benzene rings is 2. The first-order valence-electron chi connectivity index (χ1n) is 5.25. The Kier molecular flexibility index (Phi) is 3.70. The van der Waals surface area contributed by atoms with Gasteiger partial charge in [0.25, 0.3) is 0 Å². The third-order valence-corrected chi connectivity index (χ3v) is 3.46. The summed E-state index contributed by atoms with van der Waals surface area (Å²) in [5.41, 5.74) is 7.69. The van der Waals surface area contributed by atoms with E-state index in [1.807, 2.05) is 22.6 Å². The van der Waals surface area contributed by atoms with Gasteiger partial charge in [0.2, 0.25) is 0 Å². The molecule has 0 spiro atoms. The predicted molar refractivity (Wildman–Crippen MR) is 77.9 cm³/mol. The Labute approximate surface area is 117 Å². The van der Waals surface area contributed by atoms with Crippen molar-refractivity contribution in [1.82, 2.24) is 0 Å². The van der Waals surface area contributed by atoms with E-state index in [1.165, 1.54) is 18.2 Å². The number of hydrogen-bond acceptors (Lipinski definition) is 2. The molecule has 0 aliphatic carbocycles. The molecule has 2 aromatic rings. The van der Waals surface area contributed by atoms with Gasteiger partial charge in [-0.3, -0.25) is 0 Å². The third kappa shape index (κ3) is 2.55. The largest absolute Gasteiger partial charge is 0.397 e. The number of nitrogens with one attached hydrogen (secondary N) is 1. The molecule has 2 aromatic carbocycles. The van der Waals surface area contributed by atoms with Gasteiger partial charge in [0.05, 0.1) is 14.9 Å². The zero-order chi connectivity index (χ0) is 13.3. The van der Waals surface area contributed by atoms with Gasteiger partial charge in [-0.25, -0.2) is 8.78 Å². The molecule has 2 rings (SSSR count). The van der Waals surface area contributed by atoms with Gasteiger partial charge in [-0.15, -0.1) is 0 Å². The maximum Gasteiger partial charge on any atom is 0.138 e. The highest BCUT2D eigenvalue weighted by atomic mass is 127. The summed E-state index contributed by atoms with van der Waals surface area (Å²) in [5.74, 6) is -0.675. The van der Waals surface area contributed by atoms with E-state index in [0.717, 1.165) is 0 Å². The summed E-state index contributed by atoms with van der Waals surface area (Å²) in [4.78, 5) is 0. The van der Waals surface area contributed by atoms with Crippen LogP contribution >= 0.6 is 22.6 Å². The Bertz CT molecular complexity index is 600. The molecular formula is C13H11F2IN2. The zero-order valence-electron chi connectivity index (χ0n) is 9.60. The smallest absolute Gasteiger partial charge is 0.138 e. The van der Waals surface area contributed by atoms with Crippen molar-refractivity contribution < 1.29 is 8.78 Å². The average molecular weight is 360 g/mol. The summed E-state index contributed by atoms with van der Waals surface area (Å²) in [6.45, 7) is 1.65. The molecule has 3 N–H and O–H groups in total. The van der Waals surface area contributed by atoms with E-state index in [4.69, 9.17) is 5.73 Å². The van der Waals surface area contributed by atoms with E-state index < -0.39 is 0 Å². The number of rotatable bonds is 2. The molecule has 18 heavy (non-hydrogen) atoms. The Morgan fingerprint density at radius 1 is 1.11 bits per heavy atom. The molecule has 0 atom stereocenters. The van der Waals surface area contributed by atoms with Gasteiger partial charge in [-0.05, 0) is 47.7 Å². The van der Waals surface area contributed by atoms with Crippen LogP contribution in [0.1, 0.15) is 5.56 Å². The minimum Gasteiger partial charge on any atom is -0.397 e.